The van der Waals surface area contributed by atoms with E-state index >= 15 is 0 Å². The van der Waals surface area contributed by atoms with Gasteiger partial charge in [0.2, 0.25) is 0 Å². The number of hydrogen-bond donors (Lipinski definition) is 2. The molecule has 4 aromatic rings. The number of amides is 3. The molecule has 0 saturated carbocycles. The van der Waals surface area contributed by atoms with Gasteiger partial charge in [0, 0.05) is 54.2 Å². The Kier molecular flexibility index (Phi) is 17.7. The van der Waals surface area contributed by atoms with Crippen LogP contribution in [0.1, 0.15) is 64.9 Å². The summed E-state index contributed by atoms with van der Waals surface area (Å²) in [5.74, 6) is -2.34. The van der Waals surface area contributed by atoms with Gasteiger partial charge >= 0.3 is 18.0 Å². The number of hydrogen-bond acceptors (Lipinski definition) is 10. The smallest absolute Gasteiger partial charge is 0.410 e. The second kappa shape index (κ2) is 22.2. The van der Waals surface area contributed by atoms with Gasteiger partial charge in [0.25, 0.3) is 11.8 Å². The zero-order chi connectivity index (χ0) is 44.1. The summed E-state index contributed by atoms with van der Waals surface area (Å²) in [5.41, 5.74) is 2.86. The van der Waals surface area contributed by atoms with E-state index in [9.17, 15) is 24.0 Å². The van der Waals surface area contributed by atoms with E-state index in [0.29, 0.717) is 30.9 Å². The number of aromatic nitrogens is 2. The molecule has 2 aromatic heterocycles. The second-order valence-corrected chi connectivity index (χ2v) is 16.7. The highest BCUT2D eigenvalue weighted by Gasteiger charge is 2.28. The van der Waals surface area contributed by atoms with Crippen LogP contribution in [0.25, 0.3) is 5.57 Å². The Balaban J connectivity index is 0.000000287. The number of nitrogens with one attached hydrogen (secondary N) is 2. The summed E-state index contributed by atoms with van der Waals surface area (Å²) < 4.78 is 15.9. The molecule has 2 aromatic carbocycles. The zero-order valence-electron chi connectivity index (χ0n) is 33.2. The van der Waals surface area contributed by atoms with Gasteiger partial charge in [0.05, 0.1) is 45.4 Å². The average molecular weight is 967 g/mol. The highest BCUT2D eigenvalue weighted by molar-refractivity contribution is 9.10. The molecule has 13 nitrogen and oxygen atoms in total. The first kappa shape index (κ1) is 47.9. The van der Waals surface area contributed by atoms with Crippen molar-refractivity contribution in [3.63, 3.8) is 0 Å². The van der Waals surface area contributed by atoms with Crippen LogP contribution < -0.4 is 10.6 Å². The van der Waals surface area contributed by atoms with Crippen LogP contribution in [0.3, 0.4) is 0 Å². The van der Waals surface area contributed by atoms with Crippen LogP contribution in [0.5, 0.6) is 0 Å². The van der Waals surface area contributed by atoms with Crippen molar-refractivity contribution in [1.82, 2.24) is 25.5 Å². The first-order chi connectivity index (χ1) is 28.4. The van der Waals surface area contributed by atoms with Gasteiger partial charge in [-0.15, -0.1) is 0 Å². The fraction of sp³-hybridized carbons (Fsp3) is 0.310. The first-order valence-electron chi connectivity index (χ1n) is 18.3. The Bertz CT molecular complexity index is 2180. The molecule has 1 aliphatic rings. The number of halogens is 5. The monoisotopic (exact) mass is 963 g/mol. The van der Waals surface area contributed by atoms with Crippen molar-refractivity contribution < 1.29 is 38.2 Å². The van der Waals surface area contributed by atoms with Crippen LogP contribution in [0.4, 0.5) is 4.79 Å². The third-order valence-electron chi connectivity index (χ3n) is 8.63. The van der Waals surface area contributed by atoms with Crippen molar-refractivity contribution in [3.05, 3.63) is 132 Å². The first-order valence-corrected chi connectivity index (χ1v) is 20.6. The molecule has 2 atom stereocenters. The molecule has 60 heavy (non-hydrogen) atoms. The molecule has 0 aliphatic carbocycles. The summed E-state index contributed by atoms with van der Waals surface area (Å²) in [5, 5.41) is 5.99. The molecule has 3 heterocycles. The molecule has 318 valence electrons. The molecule has 0 saturated heterocycles. The van der Waals surface area contributed by atoms with E-state index in [1.165, 1.54) is 14.2 Å². The van der Waals surface area contributed by atoms with E-state index in [1.54, 1.807) is 71.9 Å². The van der Waals surface area contributed by atoms with Crippen molar-refractivity contribution in [1.29, 1.82) is 0 Å². The van der Waals surface area contributed by atoms with Gasteiger partial charge in [-0.2, -0.15) is 0 Å². The summed E-state index contributed by atoms with van der Waals surface area (Å²) in [4.78, 5) is 72.1. The highest BCUT2D eigenvalue weighted by Crippen LogP contribution is 2.27. The van der Waals surface area contributed by atoms with Crippen molar-refractivity contribution >= 4 is 97.8 Å². The lowest BCUT2D eigenvalue weighted by molar-refractivity contribution is -0.143. The Hall–Kier alpha value is -4.73. The predicted molar refractivity (Wildman–Crippen MR) is 233 cm³/mol. The van der Waals surface area contributed by atoms with E-state index in [4.69, 9.17) is 60.6 Å². The van der Waals surface area contributed by atoms with E-state index in [2.05, 4.69) is 36.5 Å². The number of carbonyl (C=O) groups is 5. The van der Waals surface area contributed by atoms with Crippen molar-refractivity contribution in [2.24, 2.45) is 0 Å². The van der Waals surface area contributed by atoms with Crippen LogP contribution in [0.2, 0.25) is 20.1 Å². The fourth-order valence-corrected chi connectivity index (χ4v) is 7.04. The number of carbonyl (C=O) groups excluding carboxylic acids is 5. The molecular formula is C42H42BrCl4N5O8. The number of esters is 2. The van der Waals surface area contributed by atoms with Gasteiger partial charge < -0.3 is 29.7 Å². The molecule has 0 radical (unpaired) electrons. The van der Waals surface area contributed by atoms with Crippen molar-refractivity contribution in [2.75, 3.05) is 27.3 Å². The Labute approximate surface area is 376 Å². The minimum Gasteiger partial charge on any atom is -0.467 e. The van der Waals surface area contributed by atoms with E-state index in [1.807, 2.05) is 32.9 Å². The summed E-state index contributed by atoms with van der Waals surface area (Å²) in [6.45, 7) is 6.51. The third kappa shape index (κ3) is 13.9. The molecular weight excluding hydrogens is 924 g/mol. The lowest BCUT2D eigenvalue weighted by Crippen LogP contribution is -2.43. The number of benzene rings is 2. The largest absolute Gasteiger partial charge is 0.467 e. The third-order valence-corrected chi connectivity index (χ3v) is 10.4. The number of pyridine rings is 2. The fourth-order valence-electron chi connectivity index (χ4n) is 5.67. The van der Waals surface area contributed by atoms with Crippen molar-refractivity contribution in [3.8, 4) is 0 Å². The van der Waals surface area contributed by atoms with Gasteiger partial charge in [-0.25, -0.2) is 14.4 Å². The summed E-state index contributed by atoms with van der Waals surface area (Å²) in [6.07, 6.45) is 5.93. The Morgan fingerprint density at radius 3 is 1.57 bits per heavy atom. The van der Waals surface area contributed by atoms with Gasteiger partial charge in [0.1, 0.15) is 17.7 Å². The molecule has 3 amide bonds. The number of ether oxygens (including phenoxy) is 3. The number of methoxy groups -OCH3 is 2. The minimum atomic E-state index is -0.982. The van der Waals surface area contributed by atoms with E-state index < -0.39 is 41.4 Å². The topological polar surface area (TPSA) is 166 Å². The Morgan fingerprint density at radius 1 is 0.733 bits per heavy atom. The standard InChI is InChI=1S/C26H29Cl2N3O5.C16H13BrCl2N2O3/c1-26(2,3)36-25(34)31-12-10-16(11-13-31)17-8-9-18(29-15-17)14-21(24(33)35-4)30-23(32)22-19(27)6-5-7-20(22)28;1-24-16(23)13(7-10-6-5-9(17)8-20-10)21-15(22)14-11(18)3-2-4-12(14)19/h5-10,15,21H,11-14H2,1-4H3,(H,30,32);2-6,8,13H,7H2,1H3,(H,21,22)/t21-;13-/m00/s1. The van der Waals surface area contributed by atoms with Crippen LogP contribution in [-0.4, -0.2) is 89.7 Å². The van der Waals surface area contributed by atoms with Crippen LogP contribution in [0.15, 0.2) is 83.6 Å². The Morgan fingerprint density at radius 2 is 1.20 bits per heavy atom. The molecule has 0 fully saturated rings. The second-order valence-electron chi connectivity index (χ2n) is 14.1. The highest BCUT2D eigenvalue weighted by atomic mass is 79.9. The lowest BCUT2D eigenvalue weighted by atomic mass is 10.0. The predicted octanol–water partition coefficient (Wildman–Crippen LogP) is 8.59. The lowest BCUT2D eigenvalue weighted by Gasteiger charge is -2.29. The summed E-state index contributed by atoms with van der Waals surface area (Å²) in [6, 6.07) is 14.8. The molecule has 5 rings (SSSR count). The number of rotatable bonds is 11. The normalized spacial score (nSPS) is 13.4. The molecule has 18 heteroatoms. The van der Waals surface area contributed by atoms with Gasteiger partial charge in [-0.1, -0.05) is 70.7 Å². The van der Waals surface area contributed by atoms with Gasteiger partial charge in [0.15, 0.2) is 0 Å². The maximum absolute atomic E-state index is 12.8. The number of nitrogens with zero attached hydrogens (tertiary/aromatic N) is 3. The van der Waals surface area contributed by atoms with Gasteiger partial charge in [-0.05, 0) is 96.7 Å². The maximum atomic E-state index is 12.8. The van der Waals surface area contributed by atoms with Crippen LogP contribution >= 0.6 is 62.3 Å². The molecule has 0 unspecified atom stereocenters. The minimum absolute atomic E-state index is 0.0858. The zero-order valence-corrected chi connectivity index (χ0v) is 37.8. The molecule has 0 spiro atoms. The van der Waals surface area contributed by atoms with Crippen LogP contribution in [-0.2, 0) is 36.6 Å². The van der Waals surface area contributed by atoms with E-state index in [0.717, 1.165) is 15.6 Å². The van der Waals surface area contributed by atoms with Gasteiger partial charge in [-0.3, -0.25) is 19.6 Å². The van der Waals surface area contributed by atoms with Crippen LogP contribution in [0, 0.1) is 0 Å². The quantitative estimate of drug-likeness (QED) is 0.110. The summed E-state index contributed by atoms with van der Waals surface area (Å²) >= 11 is 27.6. The molecule has 2 N–H and O–H groups in total. The maximum Gasteiger partial charge on any atom is 0.410 e. The molecule has 0 bridgehead atoms. The average Bonchev–Trinajstić information content (AvgIpc) is 3.20. The van der Waals surface area contributed by atoms with E-state index in [-0.39, 0.29) is 50.2 Å². The summed E-state index contributed by atoms with van der Waals surface area (Å²) in [7, 11) is 2.50. The van der Waals surface area contributed by atoms with Crippen molar-refractivity contribution in [2.45, 2.75) is 57.7 Å². The molecule has 1 aliphatic heterocycles. The SMILES string of the molecule is COC(=O)[C@H](Cc1ccc(Br)cn1)NC(=O)c1c(Cl)cccc1Cl.COC(=O)[C@H](Cc1ccc(C2=CCN(C(=O)OC(C)(C)C)CC2)cn1)NC(=O)c1c(Cl)cccc1Cl.